The zero-order valence-corrected chi connectivity index (χ0v) is 19.3. The van der Waals surface area contributed by atoms with Gasteiger partial charge in [0.25, 0.3) is 5.91 Å². The maximum atomic E-state index is 13.1. The van der Waals surface area contributed by atoms with Gasteiger partial charge in [-0.3, -0.25) is 14.4 Å². The van der Waals surface area contributed by atoms with Gasteiger partial charge >= 0.3 is 0 Å². The van der Waals surface area contributed by atoms with E-state index in [0.29, 0.717) is 16.1 Å². The molecule has 2 aromatic rings. The van der Waals surface area contributed by atoms with Gasteiger partial charge in [-0.15, -0.1) is 0 Å². The van der Waals surface area contributed by atoms with Crippen LogP contribution >= 0.6 is 11.6 Å². The molecule has 0 aromatic heterocycles. The number of carbonyl (C=O) groups is 3. The monoisotopic (exact) mass is 490 g/mol. The molecule has 0 aliphatic rings. The van der Waals surface area contributed by atoms with Crippen molar-refractivity contribution in [3.05, 3.63) is 70.7 Å². The van der Waals surface area contributed by atoms with Gasteiger partial charge in [0, 0.05) is 17.1 Å². The Hall–Kier alpha value is -3.42. The van der Waals surface area contributed by atoms with E-state index in [9.17, 15) is 22.8 Å². The molecule has 2 rings (SSSR count). The Kier molecular flexibility index (Phi) is 9.39. The fourth-order valence-corrected chi connectivity index (χ4v) is 4.54. The molecule has 0 bridgehead atoms. The molecule has 2 atom stereocenters. The van der Waals surface area contributed by atoms with Crippen molar-refractivity contribution < 1.29 is 22.8 Å². The van der Waals surface area contributed by atoms with Crippen LogP contribution in [0.2, 0.25) is 5.02 Å². The topological polar surface area (TPSA) is 145 Å². The quantitative estimate of drug-likeness (QED) is 0.426. The Morgan fingerprint density at radius 3 is 2.24 bits per heavy atom. The van der Waals surface area contributed by atoms with E-state index in [0.717, 1.165) is 0 Å². The van der Waals surface area contributed by atoms with Gasteiger partial charge in [-0.05, 0) is 36.8 Å². The number of carbonyl (C=O) groups excluding carboxylic acids is 3. The molecule has 33 heavy (non-hydrogen) atoms. The van der Waals surface area contributed by atoms with Gasteiger partial charge in [-0.2, -0.15) is 5.26 Å². The van der Waals surface area contributed by atoms with Crippen molar-refractivity contribution in [1.29, 1.82) is 5.26 Å². The summed E-state index contributed by atoms with van der Waals surface area (Å²) < 4.78 is 26.2. The van der Waals surface area contributed by atoms with Crippen LogP contribution in [-0.2, 0) is 25.2 Å². The summed E-state index contributed by atoms with van der Waals surface area (Å²) in [5.74, 6) is -2.61. The second kappa shape index (κ2) is 12.0. The first-order valence-electron chi connectivity index (χ1n) is 9.88. The molecule has 2 aromatic carbocycles. The Morgan fingerprint density at radius 1 is 1.00 bits per heavy atom. The van der Waals surface area contributed by atoms with Gasteiger partial charge in [-0.25, -0.2) is 8.42 Å². The number of nitrogens with one attached hydrogen (secondary N) is 3. The Labute approximate surface area is 197 Å². The van der Waals surface area contributed by atoms with Crippen LogP contribution in [0.4, 0.5) is 0 Å². The highest BCUT2D eigenvalue weighted by Gasteiger charge is 2.34. The van der Waals surface area contributed by atoms with Crippen LogP contribution in [-0.4, -0.2) is 50.5 Å². The highest BCUT2D eigenvalue weighted by Crippen LogP contribution is 2.15. The summed E-state index contributed by atoms with van der Waals surface area (Å²) in [5.41, 5.74) is 0.711. The van der Waals surface area contributed by atoms with Crippen molar-refractivity contribution in [3.8, 4) is 6.07 Å². The molecule has 0 heterocycles. The molecule has 174 valence electrons. The molecule has 0 aliphatic heterocycles. The van der Waals surface area contributed by atoms with Gasteiger partial charge in [0.15, 0.2) is 15.1 Å². The number of halogens is 1. The lowest BCUT2D eigenvalue weighted by atomic mass is 10.2. The third kappa shape index (κ3) is 7.89. The number of sulfone groups is 1. The summed E-state index contributed by atoms with van der Waals surface area (Å²) in [6.45, 7) is 0.600. The third-order valence-corrected chi connectivity index (χ3v) is 6.82. The lowest BCUT2D eigenvalue weighted by Crippen LogP contribution is -2.53. The molecule has 3 amide bonds. The van der Waals surface area contributed by atoms with Gasteiger partial charge in [0.2, 0.25) is 11.8 Å². The maximum absolute atomic E-state index is 13.1. The number of rotatable bonds is 10. The zero-order chi connectivity index (χ0) is 24.4. The average Bonchev–Trinajstić information content (AvgIpc) is 2.79. The molecule has 0 radical (unpaired) electrons. The van der Waals surface area contributed by atoms with Crippen molar-refractivity contribution in [2.75, 3.05) is 13.1 Å². The average molecular weight is 491 g/mol. The normalized spacial score (nSPS) is 12.6. The first-order valence-corrected chi connectivity index (χ1v) is 12.0. The fourth-order valence-electron chi connectivity index (χ4n) is 2.82. The van der Waals surface area contributed by atoms with Crippen LogP contribution in [0.5, 0.6) is 0 Å². The minimum atomic E-state index is -4.11. The second-order valence-corrected chi connectivity index (χ2v) is 9.72. The smallest absolute Gasteiger partial charge is 0.251 e. The van der Waals surface area contributed by atoms with Crippen molar-refractivity contribution in [1.82, 2.24) is 16.0 Å². The summed E-state index contributed by atoms with van der Waals surface area (Å²) in [6, 6.07) is 14.9. The van der Waals surface area contributed by atoms with E-state index in [4.69, 9.17) is 16.9 Å². The highest BCUT2D eigenvalue weighted by molar-refractivity contribution is 7.92. The van der Waals surface area contributed by atoms with E-state index < -0.39 is 51.1 Å². The molecule has 1 unspecified atom stereocenters. The van der Waals surface area contributed by atoms with E-state index in [2.05, 4.69) is 16.0 Å². The molecule has 0 saturated carbocycles. The minimum absolute atomic E-state index is 0.259. The molecule has 0 fully saturated rings. The number of benzene rings is 2. The van der Waals surface area contributed by atoms with Crippen molar-refractivity contribution in [2.24, 2.45) is 0 Å². The molecule has 11 heteroatoms. The lowest BCUT2D eigenvalue weighted by Gasteiger charge is -2.21. The van der Waals surface area contributed by atoms with Crippen LogP contribution in [0.3, 0.4) is 0 Å². The zero-order valence-electron chi connectivity index (χ0n) is 17.7. The standard InChI is InChI=1S/C22H23ClN4O5S/c1-15(20(28)25-12-11-24)27-22(30)19(13-26-21(29)17-5-3-2-4-6-17)33(31,32)14-16-7-9-18(23)10-8-16/h2-10,15,19H,12-14H2,1H3,(H,25,28)(H,26,29)(H,27,30)/t15?,19-/m1/s1. The fraction of sp³-hybridized carbons (Fsp3) is 0.273. The molecule has 0 saturated heterocycles. The number of amides is 3. The number of nitrogens with zero attached hydrogens (tertiary/aromatic N) is 1. The summed E-state index contributed by atoms with van der Waals surface area (Å²) in [5, 5.41) is 14.4. The van der Waals surface area contributed by atoms with E-state index in [1.165, 1.54) is 31.2 Å². The van der Waals surface area contributed by atoms with Gasteiger partial charge in [0.1, 0.15) is 12.6 Å². The van der Waals surface area contributed by atoms with Crippen molar-refractivity contribution in [3.63, 3.8) is 0 Å². The Balaban J connectivity index is 2.21. The Morgan fingerprint density at radius 2 is 1.64 bits per heavy atom. The highest BCUT2D eigenvalue weighted by atomic mass is 35.5. The van der Waals surface area contributed by atoms with Crippen molar-refractivity contribution in [2.45, 2.75) is 24.0 Å². The molecule has 3 N–H and O–H groups in total. The van der Waals surface area contributed by atoms with Crippen molar-refractivity contribution >= 4 is 39.2 Å². The first kappa shape index (κ1) is 25.8. The summed E-state index contributed by atoms with van der Waals surface area (Å²) in [6.07, 6.45) is 0. The predicted molar refractivity (Wildman–Crippen MR) is 123 cm³/mol. The summed E-state index contributed by atoms with van der Waals surface area (Å²) in [4.78, 5) is 37.2. The van der Waals surface area contributed by atoms with E-state index >= 15 is 0 Å². The van der Waals surface area contributed by atoms with E-state index in [1.54, 1.807) is 36.4 Å². The van der Waals surface area contributed by atoms with Gasteiger partial charge in [0.05, 0.1) is 11.8 Å². The van der Waals surface area contributed by atoms with Crippen LogP contribution in [0, 0.1) is 11.3 Å². The largest absolute Gasteiger partial charge is 0.350 e. The maximum Gasteiger partial charge on any atom is 0.251 e. The number of nitriles is 1. The van der Waals surface area contributed by atoms with Crippen LogP contribution in [0.25, 0.3) is 0 Å². The van der Waals surface area contributed by atoms with Crippen LogP contribution in [0.1, 0.15) is 22.8 Å². The summed E-state index contributed by atoms with van der Waals surface area (Å²) in [7, 11) is -4.11. The Bertz CT molecular complexity index is 1130. The third-order valence-electron chi connectivity index (χ3n) is 4.58. The molecular weight excluding hydrogens is 468 g/mol. The number of hydrogen-bond acceptors (Lipinski definition) is 6. The summed E-state index contributed by atoms with van der Waals surface area (Å²) >= 11 is 5.84. The SMILES string of the molecule is CC(NC(=O)[C@@H](CNC(=O)c1ccccc1)S(=O)(=O)Cc1ccc(Cl)cc1)C(=O)NCC#N. The van der Waals surface area contributed by atoms with Crippen LogP contribution in [0.15, 0.2) is 54.6 Å². The molecule has 0 aliphatic carbocycles. The lowest BCUT2D eigenvalue weighted by molar-refractivity contribution is -0.128. The molecule has 0 spiro atoms. The van der Waals surface area contributed by atoms with Gasteiger partial charge < -0.3 is 16.0 Å². The predicted octanol–water partition coefficient (Wildman–Crippen LogP) is 1.20. The number of hydrogen-bond donors (Lipinski definition) is 3. The molecular formula is C22H23ClN4O5S. The second-order valence-electron chi connectivity index (χ2n) is 7.10. The van der Waals surface area contributed by atoms with Crippen LogP contribution < -0.4 is 16.0 Å². The molecule has 9 nitrogen and oxygen atoms in total. The van der Waals surface area contributed by atoms with Gasteiger partial charge in [-0.1, -0.05) is 41.9 Å². The van der Waals surface area contributed by atoms with E-state index in [1.807, 2.05) is 0 Å². The minimum Gasteiger partial charge on any atom is -0.350 e. The first-order chi connectivity index (χ1) is 15.6. The van der Waals surface area contributed by atoms with E-state index in [-0.39, 0.29) is 6.54 Å².